The van der Waals surface area contributed by atoms with Crippen molar-refractivity contribution < 1.29 is 27.3 Å². The molecule has 1 saturated heterocycles. The van der Waals surface area contributed by atoms with Crippen molar-refractivity contribution in [1.82, 2.24) is 5.32 Å². The third-order valence-corrected chi connectivity index (χ3v) is 7.95. The third-order valence-electron chi connectivity index (χ3n) is 6.05. The number of nitrogens with one attached hydrogen (secondary N) is 2. The normalized spacial score (nSPS) is 15.7. The molecule has 0 spiro atoms. The van der Waals surface area contributed by atoms with Crippen LogP contribution in [0.25, 0.3) is 11.1 Å². The van der Waals surface area contributed by atoms with Gasteiger partial charge in [-0.05, 0) is 62.1 Å². The molecule has 1 heterocycles. The molecule has 2 N–H and O–H groups in total. The zero-order chi connectivity index (χ0) is 27.1. The number of urea groups is 1. The van der Waals surface area contributed by atoms with Crippen LogP contribution < -0.4 is 20.8 Å². The van der Waals surface area contributed by atoms with Crippen molar-refractivity contribution in [3.05, 3.63) is 76.6 Å². The summed E-state index contributed by atoms with van der Waals surface area (Å²) in [6, 6.07) is 9.44. The first kappa shape index (κ1) is 26.8. The smallest absolute Gasteiger partial charge is 0.319 e. The molecule has 1 fully saturated rings. The summed E-state index contributed by atoms with van der Waals surface area (Å²) in [5, 5.41) is 4.45. The molecule has 0 radical (unpaired) electrons. The number of carbonyl (C=O) groups is 2. The maximum Gasteiger partial charge on any atom is 0.319 e. The van der Waals surface area contributed by atoms with E-state index >= 15 is 4.39 Å². The van der Waals surface area contributed by atoms with Gasteiger partial charge in [0.2, 0.25) is 5.91 Å². The van der Waals surface area contributed by atoms with Crippen molar-refractivity contribution >= 4 is 47.4 Å². The predicted molar refractivity (Wildman–Crippen MR) is 140 cm³/mol. The van der Waals surface area contributed by atoms with Gasteiger partial charge in [0.25, 0.3) is 0 Å². The molecule has 4 rings (SSSR count). The van der Waals surface area contributed by atoms with Gasteiger partial charge in [0, 0.05) is 12.1 Å². The highest BCUT2D eigenvalue weighted by molar-refractivity contribution is 7.70. The van der Waals surface area contributed by atoms with Crippen LogP contribution >= 0.6 is 18.7 Å². The van der Waals surface area contributed by atoms with Crippen molar-refractivity contribution in [1.29, 1.82) is 0 Å². The molecule has 0 unspecified atom stereocenters. The number of benzene rings is 3. The lowest BCUT2D eigenvalue weighted by molar-refractivity contribution is -0.118. The Balaban J connectivity index is 1.55. The van der Waals surface area contributed by atoms with Gasteiger partial charge in [-0.15, -0.1) is 0 Å². The van der Waals surface area contributed by atoms with Crippen molar-refractivity contribution in [2.24, 2.45) is 0 Å². The van der Waals surface area contributed by atoms with E-state index in [4.69, 9.17) is 11.6 Å². The van der Waals surface area contributed by atoms with Crippen LogP contribution in [0.2, 0.25) is 5.02 Å². The Hall–Kier alpha value is -3.29. The Labute approximate surface area is 217 Å². The number of nitrogens with zero attached hydrogens (tertiary/aromatic N) is 1. The van der Waals surface area contributed by atoms with Crippen molar-refractivity contribution in [2.45, 2.75) is 19.4 Å². The lowest BCUT2D eigenvalue weighted by atomic mass is 10.0. The van der Waals surface area contributed by atoms with Gasteiger partial charge in [-0.25, -0.2) is 18.0 Å². The Morgan fingerprint density at radius 1 is 1.05 bits per heavy atom. The quantitative estimate of drug-likeness (QED) is 0.389. The number of rotatable bonds is 5. The molecule has 11 heteroatoms. The Kier molecular flexibility index (Phi) is 7.40. The van der Waals surface area contributed by atoms with E-state index in [-0.39, 0.29) is 45.8 Å². The minimum atomic E-state index is -3.08. The zero-order valence-corrected chi connectivity index (χ0v) is 21.9. The molecule has 0 saturated carbocycles. The second kappa shape index (κ2) is 10.2. The number of carbonyl (C=O) groups excluding carboxylic acids is 2. The van der Waals surface area contributed by atoms with Crippen LogP contribution in [0.4, 0.5) is 29.3 Å². The summed E-state index contributed by atoms with van der Waals surface area (Å²) in [5.41, 5.74) is 0.878. The fraction of sp³-hybridized carbons (Fsp3) is 0.231. The average molecular weight is 550 g/mol. The van der Waals surface area contributed by atoms with Crippen LogP contribution in [0.3, 0.4) is 0 Å². The maximum absolute atomic E-state index is 15.4. The number of anilines is 2. The zero-order valence-electron chi connectivity index (χ0n) is 20.2. The maximum atomic E-state index is 15.4. The van der Waals surface area contributed by atoms with Crippen LogP contribution in [-0.4, -0.2) is 37.9 Å². The van der Waals surface area contributed by atoms with E-state index in [9.17, 15) is 22.9 Å². The summed E-state index contributed by atoms with van der Waals surface area (Å²) in [5.74, 6) is -2.77. The first-order chi connectivity index (χ1) is 17.4. The summed E-state index contributed by atoms with van der Waals surface area (Å²) < 4.78 is 56.7. The summed E-state index contributed by atoms with van der Waals surface area (Å²) in [7, 11) is -3.08. The number of hydrogen-bond acceptors (Lipinski definition) is 3. The summed E-state index contributed by atoms with van der Waals surface area (Å²) in [6.07, 6.45) is 0.185. The van der Waals surface area contributed by atoms with Crippen LogP contribution in [0.1, 0.15) is 12.0 Å². The molecule has 37 heavy (non-hydrogen) atoms. The van der Waals surface area contributed by atoms with Crippen molar-refractivity contribution in [3.8, 4) is 11.1 Å². The van der Waals surface area contributed by atoms with E-state index in [1.54, 1.807) is 13.0 Å². The number of hydrogen-bond donors (Lipinski definition) is 2. The fourth-order valence-electron chi connectivity index (χ4n) is 4.33. The number of aryl methyl sites for hydroxylation is 1. The van der Waals surface area contributed by atoms with Crippen LogP contribution in [0.5, 0.6) is 0 Å². The fourth-order valence-corrected chi connectivity index (χ4v) is 5.95. The highest BCUT2D eigenvalue weighted by atomic mass is 35.5. The van der Waals surface area contributed by atoms with Crippen LogP contribution in [0, 0.1) is 24.4 Å². The van der Waals surface area contributed by atoms with E-state index in [0.717, 1.165) is 4.90 Å². The van der Waals surface area contributed by atoms with Gasteiger partial charge >= 0.3 is 6.03 Å². The summed E-state index contributed by atoms with van der Waals surface area (Å²) in [6.45, 7) is 4.62. The first-order valence-corrected chi connectivity index (χ1v) is 14.3. The number of halogens is 4. The molecule has 194 valence electrons. The predicted octanol–water partition coefficient (Wildman–Crippen LogP) is 5.91. The Bertz CT molecular complexity index is 1460. The highest BCUT2D eigenvalue weighted by Gasteiger charge is 2.36. The lowest BCUT2D eigenvalue weighted by Gasteiger charge is -2.21. The Morgan fingerprint density at radius 3 is 2.46 bits per heavy atom. The van der Waals surface area contributed by atoms with E-state index in [1.165, 1.54) is 55.8 Å². The van der Waals surface area contributed by atoms with Gasteiger partial charge in [-0.3, -0.25) is 4.79 Å². The molecule has 0 aliphatic carbocycles. The SMILES string of the molecule is Cc1ccc(NC(=O)N[C@@H]2CCN(c3ccc(-c4cccc(F)c4P(C)(C)=O)c(Cl)c3F)C2=O)c(F)c1. The van der Waals surface area contributed by atoms with Gasteiger partial charge < -0.3 is 20.1 Å². The molecule has 3 amide bonds. The van der Waals surface area contributed by atoms with Gasteiger partial charge in [-0.2, -0.15) is 0 Å². The summed E-state index contributed by atoms with van der Waals surface area (Å²) >= 11 is 6.33. The van der Waals surface area contributed by atoms with Gasteiger partial charge in [-0.1, -0.05) is 35.9 Å². The van der Waals surface area contributed by atoms with Gasteiger partial charge in [0.15, 0.2) is 5.82 Å². The molecular weight excluding hydrogens is 526 g/mol. The minimum Gasteiger partial charge on any atom is -0.326 e. The third kappa shape index (κ3) is 5.38. The largest absolute Gasteiger partial charge is 0.326 e. The van der Waals surface area contributed by atoms with Gasteiger partial charge in [0.05, 0.1) is 21.7 Å². The summed E-state index contributed by atoms with van der Waals surface area (Å²) in [4.78, 5) is 26.5. The highest BCUT2D eigenvalue weighted by Crippen LogP contribution is 2.43. The average Bonchev–Trinajstić information content (AvgIpc) is 3.16. The van der Waals surface area contributed by atoms with E-state index in [1.807, 2.05) is 0 Å². The molecule has 3 aromatic carbocycles. The first-order valence-electron chi connectivity index (χ1n) is 11.4. The topological polar surface area (TPSA) is 78.5 Å². The number of amides is 3. The molecular formula is C26H24ClF3N3O3P. The minimum absolute atomic E-state index is 0.0402. The molecule has 3 aromatic rings. The molecule has 1 aliphatic rings. The second-order valence-electron chi connectivity index (χ2n) is 9.16. The van der Waals surface area contributed by atoms with Crippen LogP contribution in [0.15, 0.2) is 48.5 Å². The van der Waals surface area contributed by atoms with Crippen molar-refractivity contribution in [3.63, 3.8) is 0 Å². The van der Waals surface area contributed by atoms with Crippen molar-refractivity contribution in [2.75, 3.05) is 30.1 Å². The molecule has 1 atom stereocenters. The Morgan fingerprint density at radius 2 is 1.78 bits per heavy atom. The monoisotopic (exact) mass is 549 g/mol. The van der Waals surface area contributed by atoms with Gasteiger partial charge in [0.1, 0.15) is 24.8 Å². The van der Waals surface area contributed by atoms with E-state index in [0.29, 0.717) is 5.56 Å². The van der Waals surface area contributed by atoms with E-state index in [2.05, 4.69) is 10.6 Å². The van der Waals surface area contributed by atoms with Crippen LogP contribution in [-0.2, 0) is 9.36 Å². The molecule has 6 nitrogen and oxygen atoms in total. The molecule has 1 aliphatic heterocycles. The standard InChI is InChI=1S/C26H24ClF3N3O3P/c1-14-7-9-19(18(29)13-14)31-26(35)32-20-11-12-33(25(20)34)21-10-8-15(22(27)23(21)30)16-5-4-6-17(28)24(16)37(2,3)36/h4-10,13,20H,11-12H2,1-3H3,(H2,31,32,35)/t20-/m1/s1. The molecule has 0 bridgehead atoms. The van der Waals surface area contributed by atoms with E-state index < -0.39 is 42.6 Å². The second-order valence-corrected chi connectivity index (χ2v) is 12.7. The lowest BCUT2D eigenvalue weighted by Crippen LogP contribution is -2.43. The molecule has 0 aromatic heterocycles.